The Labute approximate surface area is 302 Å². The van der Waals surface area contributed by atoms with Gasteiger partial charge in [-0.15, -0.1) is 10.2 Å². The highest BCUT2D eigenvalue weighted by Crippen LogP contribution is 2.51. The molecule has 0 unspecified atom stereocenters. The highest BCUT2D eigenvalue weighted by Gasteiger charge is 2.29. The van der Waals surface area contributed by atoms with Gasteiger partial charge in [0.1, 0.15) is 16.9 Å². The molecule has 0 amide bonds. The highest BCUT2D eigenvalue weighted by atomic mass is 16.3. The van der Waals surface area contributed by atoms with Crippen molar-refractivity contribution in [1.29, 1.82) is 0 Å². The smallest absolute Gasteiger partial charge is 0.136 e. The molecule has 52 heavy (non-hydrogen) atoms. The minimum atomic E-state index is 0.806. The van der Waals surface area contributed by atoms with Crippen LogP contribution in [0, 0.1) is 13.8 Å². The van der Waals surface area contributed by atoms with Gasteiger partial charge in [0.05, 0.1) is 6.20 Å². The molecule has 2 heterocycles. The quantitative estimate of drug-likeness (QED) is 0.183. The van der Waals surface area contributed by atoms with Gasteiger partial charge in [0.2, 0.25) is 0 Å². The molecule has 7 aromatic carbocycles. The van der Waals surface area contributed by atoms with Crippen molar-refractivity contribution < 1.29 is 4.42 Å². The first-order valence-electron chi connectivity index (χ1n) is 17.7. The zero-order valence-corrected chi connectivity index (χ0v) is 28.9. The molecule has 0 saturated heterocycles. The SMILES string of the molecule is Cc1cc2c(c(-c3cnnnc3-c3c(-c4ccccc4)cccc3-c3c(-c4ccccc4)ccc4oc5ccccc5c34)c1C)Cc1ccccc1-2. The number of rotatable bonds is 5. The van der Waals surface area contributed by atoms with Crippen molar-refractivity contribution in [2.24, 2.45) is 0 Å². The Kier molecular flexibility index (Phi) is 6.97. The van der Waals surface area contributed by atoms with E-state index in [0.29, 0.717) is 0 Å². The van der Waals surface area contributed by atoms with Crippen molar-refractivity contribution in [3.8, 4) is 66.9 Å². The van der Waals surface area contributed by atoms with Gasteiger partial charge in [0, 0.05) is 27.5 Å². The van der Waals surface area contributed by atoms with E-state index in [1.807, 2.05) is 18.3 Å². The molecule has 2 aromatic heterocycles. The van der Waals surface area contributed by atoms with E-state index in [-0.39, 0.29) is 0 Å². The lowest BCUT2D eigenvalue weighted by Gasteiger charge is -2.22. The Bertz CT molecular complexity index is 2840. The van der Waals surface area contributed by atoms with Gasteiger partial charge in [-0.1, -0.05) is 133 Å². The Hall–Kier alpha value is -6.65. The minimum absolute atomic E-state index is 0.806. The normalized spacial score (nSPS) is 12.0. The van der Waals surface area contributed by atoms with Crippen LogP contribution in [0.15, 0.2) is 156 Å². The van der Waals surface area contributed by atoms with Crippen LogP contribution in [-0.4, -0.2) is 15.4 Å². The molecule has 4 heteroatoms. The van der Waals surface area contributed by atoms with Gasteiger partial charge in [-0.2, -0.15) is 0 Å². The number of fused-ring (bicyclic) bond motifs is 6. The summed E-state index contributed by atoms with van der Waals surface area (Å²) in [5.74, 6) is 0. The first-order valence-corrected chi connectivity index (χ1v) is 17.7. The first-order chi connectivity index (χ1) is 25.7. The molecule has 0 spiro atoms. The molecule has 10 rings (SSSR count). The second-order valence-corrected chi connectivity index (χ2v) is 13.7. The van der Waals surface area contributed by atoms with E-state index in [1.165, 1.54) is 38.9 Å². The zero-order valence-electron chi connectivity index (χ0n) is 28.9. The summed E-state index contributed by atoms with van der Waals surface area (Å²) in [5, 5.41) is 16.0. The second kappa shape index (κ2) is 12.0. The number of hydrogen-bond donors (Lipinski definition) is 0. The largest absolute Gasteiger partial charge is 0.456 e. The molecule has 246 valence electrons. The number of aromatic nitrogens is 3. The van der Waals surface area contributed by atoms with Crippen LogP contribution in [-0.2, 0) is 6.42 Å². The molecule has 0 saturated carbocycles. The fourth-order valence-electron chi connectivity index (χ4n) is 8.35. The van der Waals surface area contributed by atoms with Crippen LogP contribution in [0.4, 0.5) is 0 Å². The van der Waals surface area contributed by atoms with E-state index in [4.69, 9.17) is 9.52 Å². The standard InChI is InChI=1S/C48H33N3O/c1-29-26-39-34-19-10-9-18-33(34)27-40(39)44(30(29)2)41-28-49-51-50-48(41)46-35(31-14-5-3-6-15-31)21-13-22-38(46)45-36(32-16-7-4-8-17-32)24-25-43-47(45)37-20-11-12-23-42(37)52-43/h3-26,28H,27H2,1-2H3. The summed E-state index contributed by atoms with van der Waals surface area (Å²) < 4.78 is 6.53. The van der Waals surface area contributed by atoms with Crippen molar-refractivity contribution in [1.82, 2.24) is 15.4 Å². The van der Waals surface area contributed by atoms with Crippen molar-refractivity contribution in [3.63, 3.8) is 0 Å². The van der Waals surface area contributed by atoms with Gasteiger partial charge in [0.25, 0.3) is 0 Å². The zero-order chi connectivity index (χ0) is 34.8. The van der Waals surface area contributed by atoms with Gasteiger partial charge in [-0.3, -0.25) is 0 Å². The van der Waals surface area contributed by atoms with Crippen LogP contribution >= 0.6 is 0 Å². The van der Waals surface area contributed by atoms with E-state index in [0.717, 1.165) is 78.6 Å². The second-order valence-electron chi connectivity index (χ2n) is 13.7. The van der Waals surface area contributed by atoms with Crippen molar-refractivity contribution in [2.45, 2.75) is 20.3 Å². The van der Waals surface area contributed by atoms with E-state index < -0.39 is 0 Å². The minimum Gasteiger partial charge on any atom is -0.456 e. The van der Waals surface area contributed by atoms with Crippen LogP contribution in [0.25, 0.3) is 88.8 Å². The molecule has 0 fully saturated rings. The van der Waals surface area contributed by atoms with Crippen molar-refractivity contribution >= 4 is 21.9 Å². The van der Waals surface area contributed by atoms with E-state index >= 15 is 0 Å². The molecular formula is C48H33N3O. The third-order valence-electron chi connectivity index (χ3n) is 10.8. The molecule has 1 aliphatic carbocycles. The van der Waals surface area contributed by atoms with Gasteiger partial charge < -0.3 is 4.42 Å². The summed E-state index contributed by atoms with van der Waals surface area (Å²) in [4.78, 5) is 0. The van der Waals surface area contributed by atoms with Crippen molar-refractivity contribution in [3.05, 3.63) is 174 Å². The predicted molar refractivity (Wildman–Crippen MR) is 212 cm³/mol. The predicted octanol–water partition coefficient (Wildman–Crippen LogP) is 12.3. The molecule has 4 nitrogen and oxygen atoms in total. The summed E-state index contributed by atoms with van der Waals surface area (Å²) in [6, 6.07) is 51.6. The monoisotopic (exact) mass is 667 g/mol. The fourth-order valence-corrected chi connectivity index (χ4v) is 8.35. The Morgan fingerprint density at radius 3 is 2.00 bits per heavy atom. The van der Waals surface area contributed by atoms with Crippen LogP contribution in [0.1, 0.15) is 22.3 Å². The summed E-state index contributed by atoms with van der Waals surface area (Å²) in [6.07, 6.45) is 2.78. The topological polar surface area (TPSA) is 51.8 Å². The molecule has 9 aromatic rings. The lowest BCUT2D eigenvalue weighted by atomic mass is 9.82. The van der Waals surface area contributed by atoms with Crippen LogP contribution < -0.4 is 0 Å². The van der Waals surface area contributed by atoms with Gasteiger partial charge >= 0.3 is 0 Å². The molecule has 0 atom stereocenters. The molecule has 0 bridgehead atoms. The average molecular weight is 668 g/mol. The number of aryl methyl sites for hydroxylation is 1. The lowest BCUT2D eigenvalue weighted by Crippen LogP contribution is -2.03. The summed E-state index contributed by atoms with van der Waals surface area (Å²) >= 11 is 0. The van der Waals surface area contributed by atoms with Crippen LogP contribution in [0.5, 0.6) is 0 Å². The van der Waals surface area contributed by atoms with Gasteiger partial charge in [0.15, 0.2) is 0 Å². The Balaban J connectivity index is 1.35. The molecular weight excluding hydrogens is 635 g/mol. The molecule has 1 aliphatic rings. The number of furan rings is 1. The lowest BCUT2D eigenvalue weighted by molar-refractivity contribution is 0.669. The van der Waals surface area contributed by atoms with Gasteiger partial charge in [-0.05, 0) is 104 Å². The maximum atomic E-state index is 6.53. The number of hydrogen-bond acceptors (Lipinski definition) is 4. The third-order valence-corrected chi connectivity index (χ3v) is 10.8. The van der Waals surface area contributed by atoms with Crippen molar-refractivity contribution in [2.75, 3.05) is 0 Å². The first kappa shape index (κ1) is 30.2. The molecule has 0 N–H and O–H groups in total. The average Bonchev–Trinajstić information content (AvgIpc) is 3.77. The number of nitrogens with zero attached hydrogens (tertiary/aromatic N) is 3. The fraction of sp³-hybridized carbons (Fsp3) is 0.0625. The Morgan fingerprint density at radius 1 is 0.519 bits per heavy atom. The van der Waals surface area contributed by atoms with E-state index in [9.17, 15) is 0 Å². The van der Waals surface area contributed by atoms with Crippen LogP contribution in [0.2, 0.25) is 0 Å². The Morgan fingerprint density at radius 2 is 1.19 bits per heavy atom. The summed E-state index contributed by atoms with van der Waals surface area (Å²) in [6.45, 7) is 4.44. The third kappa shape index (κ3) is 4.65. The summed E-state index contributed by atoms with van der Waals surface area (Å²) in [7, 11) is 0. The van der Waals surface area contributed by atoms with E-state index in [2.05, 4.69) is 158 Å². The van der Waals surface area contributed by atoms with E-state index in [1.54, 1.807) is 0 Å². The summed E-state index contributed by atoms with van der Waals surface area (Å²) in [5.41, 5.74) is 20.0. The molecule has 0 radical (unpaired) electrons. The number of para-hydroxylation sites is 1. The maximum absolute atomic E-state index is 6.53. The number of benzene rings is 7. The van der Waals surface area contributed by atoms with Gasteiger partial charge in [-0.25, -0.2) is 0 Å². The maximum Gasteiger partial charge on any atom is 0.136 e. The molecule has 0 aliphatic heterocycles. The highest BCUT2D eigenvalue weighted by molar-refractivity contribution is 6.18. The van der Waals surface area contributed by atoms with Crippen LogP contribution in [0.3, 0.4) is 0 Å².